The second-order valence-corrected chi connectivity index (χ2v) is 8.67. The van der Waals surface area contributed by atoms with Crippen LogP contribution in [0.15, 0.2) is 74.9 Å². The van der Waals surface area contributed by atoms with Crippen LogP contribution in [-0.2, 0) is 0 Å². The van der Waals surface area contributed by atoms with Gasteiger partial charge in [0.2, 0.25) is 5.76 Å². The molecule has 7 heteroatoms. The summed E-state index contributed by atoms with van der Waals surface area (Å²) in [5.74, 6) is 0.125. The van der Waals surface area contributed by atoms with E-state index in [2.05, 4.69) is 4.98 Å². The SMILES string of the molecule is CSc1ccc([C@H]2c3c(oc4ccc(Cl)cc4c3=O)C(=O)N2c2cc(C)ccn2)cc1. The number of hydrogen-bond acceptors (Lipinski definition) is 5. The fourth-order valence-electron chi connectivity index (χ4n) is 3.93. The van der Waals surface area contributed by atoms with Gasteiger partial charge in [0.05, 0.1) is 17.0 Å². The van der Waals surface area contributed by atoms with E-state index in [9.17, 15) is 9.59 Å². The molecule has 4 aromatic rings. The Morgan fingerprint density at radius 3 is 2.55 bits per heavy atom. The minimum Gasteiger partial charge on any atom is -0.450 e. The third kappa shape index (κ3) is 3.23. The van der Waals surface area contributed by atoms with Gasteiger partial charge in [-0.05, 0) is 66.8 Å². The number of fused-ring (bicyclic) bond motifs is 2. The van der Waals surface area contributed by atoms with Crippen molar-refractivity contribution in [2.75, 3.05) is 11.2 Å². The number of rotatable bonds is 3. The van der Waals surface area contributed by atoms with Gasteiger partial charge in [-0.1, -0.05) is 23.7 Å². The van der Waals surface area contributed by atoms with E-state index in [1.807, 2.05) is 49.6 Å². The number of aromatic nitrogens is 1. The van der Waals surface area contributed by atoms with Crippen LogP contribution in [0.4, 0.5) is 5.82 Å². The Hall–Kier alpha value is -3.09. The quantitative estimate of drug-likeness (QED) is 0.380. The normalized spacial score (nSPS) is 15.5. The van der Waals surface area contributed by atoms with E-state index in [1.54, 1.807) is 36.2 Å². The van der Waals surface area contributed by atoms with Crippen molar-refractivity contribution in [1.29, 1.82) is 0 Å². The van der Waals surface area contributed by atoms with Crippen LogP contribution in [0.1, 0.15) is 33.3 Å². The molecule has 31 heavy (non-hydrogen) atoms. The number of thioether (sulfide) groups is 1. The van der Waals surface area contributed by atoms with Crippen molar-refractivity contribution in [2.45, 2.75) is 17.9 Å². The van der Waals surface area contributed by atoms with Gasteiger partial charge in [-0.2, -0.15) is 0 Å². The first-order valence-electron chi connectivity index (χ1n) is 9.64. The summed E-state index contributed by atoms with van der Waals surface area (Å²) >= 11 is 7.75. The highest BCUT2D eigenvalue weighted by Crippen LogP contribution is 2.41. The van der Waals surface area contributed by atoms with Crippen molar-refractivity contribution in [3.63, 3.8) is 0 Å². The average molecular weight is 449 g/mol. The number of nitrogens with zero attached hydrogens (tertiary/aromatic N) is 2. The zero-order valence-electron chi connectivity index (χ0n) is 16.8. The molecule has 0 spiro atoms. The summed E-state index contributed by atoms with van der Waals surface area (Å²) in [5, 5.41) is 0.783. The summed E-state index contributed by atoms with van der Waals surface area (Å²) < 4.78 is 5.95. The van der Waals surface area contributed by atoms with Crippen LogP contribution in [-0.4, -0.2) is 17.1 Å². The molecule has 5 rings (SSSR count). The Kier molecular flexibility index (Phi) is 4.84. The van der Waals surface area contributed by atoms with Crippen LogP contribution in [0.2, 0.25) is 5.02 Å². The summed E-state index contributed by atoms with van der Waals surface area (Å²) in [4.78, 5) is 34.1. The Bertz CT molecular complexity index is 1400. The topological polar surface area (TPSA) is 63.4 Å². The average Bonchev–Trinajstić information content (AvgIpc) is 3.07. The molecule has 1 amide bonds. The number of pyridine rings is 1. The van der Waals surface area contributed by atoms with E-state index in [0.717, 1.165) is 16.0 Å². The smallest absolute Gasteiger partial charge is 0.296 e. The monoisotopic (exact) mass is 448 g/mol. The van der Waals surface area contributed by atoms with E-state index in [1.165, 1.54) is 4.90 Å². The molecule has 0 unspecified atom stereocenters. The molecule has 1 atom stereocenters. The van der Waals surface area contributed by atoms with Gasteiger partial charge in [0.25, 0.3) is 5.91 Å². The molecular formula is C24H17ClN2O3S. The molecule has 0 saturated heterocycles. The van der Waals surface area contributed by atoms with Gasteiger partial charge in [0, 0.05) is 16.1 Å². The van der Waals surface area contributed by atoms with E-state index in [-0.39, 0.29) is 17.1 Å². The lowest BCUT2D eigenvalue weighted by Crippen LogP contribution is -2.30. The van der Waals surface area contributed by atoms with E-state index >= 15 is 0 Å². The molecule has 1 aliphatic rings. The van der Waals surface area contributed by atoms with Gasteiger partial charge in [-0.15, -0.1) is 11.8 Å². The zero-order valence-corrected chi connectivity index (χ0v) is 18.3. The third-order valence-electron chi connectivity index (χ3n) is 5.41. The molecule has 0 aliphatic carbocycles. The number of carbonyl (C=O) groups is 1. The molecule has 154 valence electrons. The number of amides is 1. The zero-order chi connectivity index (χ0) is 21.7. The van der Waals surface area contributed by atoms with Gasteiger partial charge in [0.15, 0.2) is 5.43 Å². The van der Waals surface area contributed by atoms with Gasteiger partial charge in [-0.25, -0.2) is 4.98 Å². The first kappa shape index (κ1) is 19.8. The number of aryl methyl sites for hydroxylation is 1. The standard InChI is InChI=1S/C24H17ClN2O3S/c1-13-9-10-26-19(11-13)27-21(14-3-6-16(31-2)7-4-14)20-22(28)17-12-15(25)5-8-18(17)30-23(20)24(27)29/h3-12,21H,1-2H3/t21-/m0/s1. The fraction of sp³-hybridized carbons (Fsp3) is 0.125. The van der Waals surface area contributed by atoms with Crippen LogP contribution < -0.4 is 10.3 Å². The van der Waals surface area contributed by atoms with Gasteiger partial charge >= 0.3 is 0 Å². The highest BCUT2D eigenvalue weighted by molar-refractivity contribution is 7.98. The first-order valence-corrected chi connectivity index (χ1v) is 11.2. The van der Waals surface area contributed by atoms with Crippen molar-refractivity contribution in [1.82, 2.24) is 4.98 Å². The maximum absolute atomic E-state index is 13.5. The van der Waals surface area contributed by atoms with Crippen LogP contribution in [0, 0.1) is 6.92 Å². The molecule has 1 aliphatic heterocycles. The number of anilines is 1. The van der Waals surface area contributed by atoms with Gasteiger partial charge < -0.3 is 4.42 Å². The molecule has 2 aromatic carbocycles. The van der Waals surface area contributed by atoms with Crippen molar-refractivity contribution >= 4 is 46.1 Å². The van der Waals surface area contributed by atoms with Gasteiger partial charge in [0.1, 0.15) is 11.4 Å². The third-order valence-corrected chi connectivity index (χ3v) is 6.39. The second-order valence-electron chi connectivity index (χ2n) is 7.36. The molecule has 3 heterocycles. The predicted octanol–water partition coefficient (Wildman–Crippen LogP) is 5.62. The van der Waals surface area contributed by atoms with Crippen LogP contribution in [0.5, 0.6) is 0 Å². The predicted molar refractivity (Wildman–Crippen MR) is 123 cm³/mol. The molecule has 0 N–H and O–H groups in total. The molecule has 2 aromatic heterocycles. The highest BCUT2D eigenvalue weighted by Gasteiger charge is 2.44. The van der Waals surface area contributed by atoms with Crippen LogP contribution >= 0.6 is 23.4 Å². The lowest BCUT2D eigenvalue weighted by Gasteiger charge is -2.24. The number of benzene rings is 2. The summed E-state index contributed by atoms with van der Waals surface area (Å²) in [5.41, 5.74) is 2.14. The maximum Gasteiger partial charge on any atom is 0.296 e. The number of carbonyl (C=O) groups excluding carboxylic acids is 1. The largest absolute Gasteiger partial charge is 0.450 e. The van der Waals surface area contributed by atoms with Crippen LogP contribution in [0.25, 0.3) is 11.0 Å². The summed E-state index contributed by atoms with van der Waals surface area (Å²) in [7, 11) is 0. The van der Waals surface area contributed by atoms with Crippen molar-refractivity contribution in [3.8, 4) is 0 Å². The molecule has 0 saturated carbocycles. The molecule has 5 nitrogen and oxygen atoms in total. The molecule has 0 bridgehead atoms. The van der Waals surface area contributed by atoms with Crippen LogP contribution in [0.3, 0.4) is 0 Å². The minimum absolute atomic E-state index is 0.0436. The maximum atomic E-state index is 13.5. The highest BCUT2D eigenvalue weighted by atomic mass is 35.5. The summed E-state index contributed by atoms with van der Waals surface area (Å²) in [6, 6.07) is 15.7. The summed E-state index contributed by atoms with van der Waals surface area (Å²) in [6.45, 7) is 1.93. The Morgan fingerprint density at radius 2 is 1.84 bits per heavy atom. The Labute approximate surface area is 187 Å². The Balaban J connectivity index is 1.80. The fourth-order valence-corrected chi connectivity index (χ4v) is 4.52. The second kappa shape index (κ2) is 7.55. The Morgan fingerprint density at radius 1 is 1.06 bits per heavy atom. The number of hydrogen-bond donors (Lipinski definition) is 0. The molecular weight excluding hydrogens is 432 g/mol. The molecule has 0 fully saturated rings. The lowest BCUT2D eigenvalue weighted by molar-refractivity contribution is 0.0970. The first-order chi connectivity index (χ1) is 15.0. The van der Waals surface area contributed by atoms with Crippen molar-refractivity contribution < 1.29 is 9.21 Å². The van der Waals surface area contributed by atoms with E-state index in [4.69, 9.17) is 16.0 Å². The van der Waals surface area contributed by atoms with Crippen molar-refractivity contribution in [2.24, 2.45) is 0 Å². The van der Waals surface area contributed by atoms with E-state index in [0.29, 0.717) is 27.4 Å². The van der Waals surface area contributed by atoms with E-state index < -0.39 is 6.04 Å². The van der Waals surface area contributed by atoms with Crippen molar-refractivity contribution in [3.05, 3.63) is 98.5 Å². The van der Waals surface area contributed by atoms with Gasteiger partial charge in [-0.3, -0.25) is 14.5 Å². The summed E-state index contributed by atoms with van der Waals surface area (Å²) in [6.07, 6.45) is 3.65. The lowest BCUT2D eigenvalue weighted by atomic mass is 9.98. The number of halogens is 1. The molecule has 0 radical (unpaired) electrons. The minimum atomic E-state index is -0.646.